The van der Waals surface area contributed by atoms with Crippen LogP contribution >= 0.6 is 11.3 Å². The van der Waals surface area contributed by atoms with Crippen molar-refractivity contribution >= 4 is 42.4 Å². The summed E-state index contributed by atoms with van der Waals surface area (Å²) >= 11 is 1.21. The average Bonchev–Trinajstić information content (AvgIpc) is 3.10. The normalized spacial score (nSPS) is 14.9. The first-order chi connectivity index (χ1) is 11.4. The molecule has 9 heteroatoms. The Morgan fingerprint density at radius 3 is 2.83 bits per heavy atom. The lowest BCUT2D eigenvalue weighted by Gasteiger charge is -1.96. The van der Waals surface area contributed by atoms with Crippen LogP contribution in [0.5, 0.6) is 0 Å². The minimum absolute atomic E-state index is 0.216. The van der Waals surface area contributed by atoms with Gasteiger partial charge in [0.2, 0.25) is 0 Å². The Bertz CT molecular complexity index is 1050. The van der Waals surface area contributed by atoms with E-state index in [0.29, 0.717) is 21.3 Å². The fourth-order valence-electron chi connectivity index (χ4n) is 2.31. The number of aromatic nitrogens is 2. The maximum Gasteiger partial charge on any atom is 0.279 e. The summed E-state index contributed by atoms with van der Waals surface area (Å²) in [4.78, 5) is 16.7. The van der Waals surface area contributed by atoms with Crippen LogP contribution in [-0.2, 0) is 9.84 Å². The van der Waals surface area contributed by atoms with Crippen molar-refractivity contribution in [1.82, 2.24) is 10.1 Å². The zero-order valence-corrected chi connectivity index (χ0v) is 14.3. The van der Waals surface area contributed by atoms with E-state index < -0.39 is 15.7 Å². The summed E-state index contributed by atoms with van der Waals surface area (Å²) in [6, 6.07) is 6.34. The Morgan fingerprint density at radius 1 is 1.33 bits per heavy atom. The van der Waals surface area contributed by atoms with Crippen LogP contribution in [0.15, 0.2) is 33.7 Å². The molecular formula is C15H13N3O4S2. The number of amides is 1. The largest absolute Gasteiger partial charge is 0.360 e. The lowest BCUT2D eigenvalue weighted by atomic mass is 10.3. The van der Waals surface area contributed by atoms with Gasteiger partial charge in [0.25, 0.3) is 5.91 Å². The van der Waals surface area contributed by atoms with Crippen molar-refractivity contribution in [1.29, 1.82) is 0 Å². The van der Waals surface area contributed by atoms with Crippen molar-refractivity contribution in [3.8, 4) is 0 Å². The molecule has 1 aromatic carbocycles. The van der Waals surface area contributed by atoms with Gasteiger partial charge < -0.3 is 4.52 Å². The van der Waals surface area contributed by atoms with E-state index in [2.05, 4.69) is 15.5 Å². The molecule has 0 bridgehead atoms. The van der Waals surface area contributed by atoms with Gasteiger partial charge >= 0.3 is 0 Å². The van der Waals surface area contributed by atoms with Gasteiger partial charge in [-0.3, -0.25) is 10.1 Å². The monoisotopic (exact) mass is 363 g/mol. The molecular weight excluding hydrogens is 350 g/mol. The van der Waals surface area contributed by atoms with Crippen molar-refractivity contribution in [2.24, 2.45) is 0 Å². The van der Waals surface area contributed by atoms with Gasteiger partial charge in [0.1, 0.15) is 5.76 Å². The first-order valence-corrected chi connectivity index (χ1v) is 9.99. The van der Waals surface area contributed by atoms with Crippen LogP contribution in [0.3, 0.4) is 0 Å². The van der Waals surface area contributed by atoms with Gasteiger partial charge in [-0.25, -0.2) is 13.4 Å². The molecule has 1 aliphatic rings. The number of anilines is 1. The Morgan fingerprint density at radius 2 is 2.12 bits per heavy atom. The number of nitrogens with zero attached hydrogens (tertiary/aromatic N) is 2. The van der Waals surface area contributed by atoms with Crippen LogP contribution in [0.4, 0.5) is 5.13 Å². The number of sulfone groups is 1. The third kappa shape index (κ3) is 2.92. The Labute approximate surface area is 141 Å². The molecule has 1 aliphatic carbocycles. The number of thiazole rings is 1. The molecule has 0 unspecified atom stereocenters. The minimum atomic E-state index is -3.28. The molecule has 3 aromatic rings. The third-order valence-electron chi connectivity index (χ3n) is 3.75. The average molecular weight is 363 g/mol. The molecule has 0 spiro atoms. The molecule has 1 amide bonds. The highest BCUT2D eigenvalue weighted by molar-refractivity contribution is 7.90. The number of nitrogens with one attached hydrogen (secondary N) is 1. The van der Waals surface area contributed by atoms with Gasteiger partial charge in [-0.1, -0.05) is 16.5 Å². The summed E-state index contributed by atoms with van der Waals surface area (Å²) in [5.74, 6) is 0.728. The molecule has 2 aromatic heterocycles. The zero-order chi connectivity index (χ0) is 16.9. The molecule has 1 saturated carbocycles. The van der Waals surface area contributed by atoms with Crippen LogP contribution in [0.25, 0.3) is 10.2 Å². The highest BCUT2D eigenvalue weighted by atomic mass is 32.2. The number of hydrogen-bond acceptors (Lipinski definition) is 7. The number of benzene rings is 1. The van der Waals surface area contributed by atoms with Crippen LogP contribution in [-0.4, -0.2) is 30.7 Å². The zero-order valence-electron chi connectivity index (χ0n) is 12.6. The highest BCUT2D eigenvalue weighted by Gasteiger charge is 2.29. The fourth-order valence-corrected chi connectivity index (χ4v) is 3.93. The van der Waals surface area contributed by atoms with E-state index in [1.807, 2.05) is 0 Å². The number of hydrogen-bond donors (Lipinski definition) is 1. The molecule has 124 valence electrons. The summed E-state index contributed by atoms with van der Waals surface area (Å²) in [6.45, 7) is 0. The summed E-state index contributed by atoms with van der Waals surface area (Å²) in [5.41, 5.74) is 0.842. The summed E-state index contributed by atoms with van der Waals surface area (Å²) in [6.07, 6.45) is 3.29. The molecule has 0 radical (unpaired) electrons. The van der Waals surface area contributed by atoms with Crippen molar-refractivity contribution in [2.75, 3.05) is 11.6 Å². The van der Waals surface area contributed by atoms with E-state index in [1.54, 1.807) is 18.2 Å². The molecule has 0 aliphatic heterocycles. The van der Waals surface area contributed by atoms with Gasteiger partial charge in [-0.15, -0.1) is 0 Å². The number of carbonyl (C=O) groups is 1. The van der Waals surface area contributed by atoms with Gasteiger partial charge in [-0.05, 0) is 31.0 Å². The van der Waals surface area contributed by atoms with Crippen molar-refractivity contribution in [3.05, 3.63) is 35.7 Å². The van der Waals surface area contributed by atoms with Gasteiger partial charge in [0, 0.05) is 18.2 Å². The fraction of sp³-hybridized carbons (Fsp3) is 0.267. The SMILES string of the molecule is CS(=O)(=O)c1ccc2nc(NC(=O)c3cc(C4CC4)on3)sc2c1. The second-order valence-electron chi connectivity index (χ2n) is 5.76. The first-order valence-electron chi connectivity index (χ1n) is 7.29. The van der Waals surface area contributed by atoms with Gasteiger partial charge in [0.15, 0.2) is 20.7 Å². The topological polar surface area (TPSA) is 102 Å². The second kappa shape index (κ2) is 5.38. The molecule has 2 heterocycles. The molecule has 24 heavy (non-hydrogen) atoms. The number of carbonyl (C=O) groups excluding carboxylic acids is 1. The second-order valence-corrected chi connectivity index (χ2v) is 8.81. The van der Waals surface area contributed by atoms with Crippen LogP contribution in [0.2, 0.25) is 0 Å². The van der Waals surface area contributed by atoms with E-state index >= 15 is 0 Å². The van der Waals surface area contributed by atoms with E-state index in [9.17, 15) is 13.2 Å². The Hall–Kier alpha value is -2.26. The maximum atomic E-state index is 12.2. The van der Waals surface area contributed by atoms with Crippen molar-refractivity contribution in [2.45, 2.75) is 23.7 Å². The molecule has 0 saturated heterocycles. The summed E-state index contributed by atoms with van der Waals surface area (Å²) in [5, 5.41) is 6.85. The minimum Gasteiger partial charge on any atom is -0.360 e. The van der Waals surface area contributed by atoms with Gasteiger partial charge in [0.05, 0.1) is 15.1 Å². The van der Waals surface area contributed by atoms with Crippen LogP contribution in [0.1, 0.15) is 35.0 Å². The van der Waals surface area contributed by atoms with Crippen molar-refractivity contribution in [3.63, 3.8) is 0 Å². The van der Waals surface area contributed by atoms with E-state index in [-0.39, 0.29) is 10.6 Å². The van der Waals surface area contributed by atoms with Crippen LogP contribution in [0, 0.1) is 0 Å². The van der Waals surface area contributed by atoms with Crippen LogP contribution < -0.4 is 5.32 Å². The predicted molar refractivity (Wildman–Crippen MR) is 89.2 cm³/mol. The maximum absolute atomic E-state index is 12.2. The lowest BCUT2D eigenvalue weighted by molar-refractivity contribution is 0.101. The standard InChI is InChI=1S/C15H13N3O4S2/c1-24(20,21)9-4-5-10-13(6-9)23-15(16-10)17-14(19)11-7-12(22-18-11)8-2-3-8/h4-8H,2-3H2,1H3,(H,16,17,19). The quantitative estimate of drug-likeness (QED) is 0.765. The van der Waals surface area contributed by atoms with Gasteiger partial charge in [-0.2, -0.15) is 0 Å². The van der Waals surface area contributed by atoms with E-state index in [1.165, 1.54) is 17.4 Å². The molecule has 1 N–H and O–H groups in total. The predicted octanol–water partition coefficient (Wildman–Crippen LogP) is 2.82. The summed E-state index contributed by atoms with van der Waals surface area (Å²) in [7, 11) is -3.28. The highest BCUT2D eigenvalue weighted by Crippen LogP contribution is 2.40. The first kappa shape index (κ1) is 15.3. The molecule has 4 rings (SSSR count). The third-order valence-corrected chi connectivity index (χ3v) is 5.79. The number of fused-ring (bicyclic) bond motifs is 1. The molecule has 1 fully saturated rings. The van der Waals surface area contributed by atoms with E-state index in [0.717, 1.165) is 24.9 Å². The summed E-state index contributed by atoms with van der Waals surface area (Å²) < 4.78 is 29.1. The Balaban J connectivity index is 1.58. The smallest absolute Gasteiger partial charge is 0.279 e. The number of rotatable bonds is 4. The lowest BCUT2D eigenvalue weighted by Crippen LogP contribution is -2.11. The van der Waals surface area contributed by atoms with Crippen molar-refractivity contribution < 1.29 is 17.7 Å². The molecule has 0 atom stereocenters. The Kier molecular flexibility index (Phi) is 3.43. The molecule has 7 nitrogen and oxygen atoms in total. The van der Waals surface area contributed by atoms with E-state index in [4.69, 9.17) is 4.52 Å².